The average molecular weight is 439 g/mol. The predicted molar refractivity (Wildman–Crippen MR) is 130 cm³/mol. The van der Waals surface area contributed by atoms with Gasteiger partial charge in [-0.25, -0.2) is 0 Å². The van der Waals surface area contributed by atoms with Gasteiger partial charge in [0.1, 0.15) is 5.78 Å². The van der Waals surface area contributed by atoms with Gasteiger partial charge in [-0.05, 0) is 99.0 Å². The van der Waals surface area contributed by atoms with Crippen molar-refractivity contribution < 1.29 is 15.0 Å². The van der Waals surface area contributed by atoms with E-state index in [0.717, 1.165) is 36.8 Å². The fraction of sp³-hybridized carbons (Fsp3) is 0.690. The summed E-state index contributed by atoms with van der Waals surface area (Å²) in [4.78, 5) is 11.9. The molecule has 0 aromatic carbocycles. The summed E-state index contributed by atoms with van der Waals surface area (Å²) >= 11 is 0. The first-order chi connectivity index (χ1) is 15.2. The van der Waals surface area contributed by atoms with Crippen molar-refractivity contribution in [2.45, 2.75) is 97.2 Å². The van der Waals surface area contributed by atoms with E-state index in [0.29, 0.717) is 41.8 Å². The van der Waals surface area contributed by atoms with Gasteiger partial charge in [0.2, 0.25) is 0 Å². The van der Waals surface area contributed by atoms with Gasteiger partial charge in [-0.3, -0.25) is 4.79 Å². The van der Waals surface area contributed by atoms with Crippen LogP contribution in [0.2, 0.25) is 0 Å². The Morgan fingerprint density at radius 3 is 2.66 bits per heavy atom. The summed E-state index contributed by atoms with van der Waals surface area (Å²) in [5.74, 6) is 2.20. The van der Waals surface area contributed by atoms with Crippen molar-refractivity contribution >= 4 is 5.78 Å². The van der Waals surface area contributed by atoms with Crippen LogP contribution >= 0.6 is 0 Å². The number of Topliss-reactive ketones (excluding diaryl/α,β-unsaturated/α-hetero) is 1. The molecule has 0 bridgehead atoms. The van der Waals surface area contributed by atoms with E-state index in [1.54, 1.807) is 12.5 Å². The Bertz CT molecular complexity index is 842. The molecule has 176 valence electrons. The number of ketones is 1. The molecule has 4 aliphatic rings. The maximum Gasteiger partial charge on any atom is 0.136 e. The smallest absolute Gasteiger partial charge is 0.136 e. The van der Waals surface area contributed by atoms with E-state index in [2.05, 4.69) is 44.7 Å². The molecule has 0 amide bonds. The van der Waals surface area contributed by atoms with Crippen LogP contribution in [-0.4, -0.2) is 28.2 Å². The van der Waals surface area contributed by atoms with Crippen LogP contribution in [0, 0.1) is 28.6 Å². The first-order valence-corrected chi connectivity index (χ1v) is 12.8. The first kappa shape index (κ1) is 23.7. The van der Waals surface area contributed by atoms with E-state index in [9.17, 15) is 15.0 Å². The monoisotopic (exact) mass is 438 g/mol. The zero-order valence-electron chi connectivity index (χ0n) is 20.3. The fourth-order valence-corrected chi connectivity index (χ4v) is 7.10. The van der Waals surface area contributed by atoms with Gasteiger partial charge < -0.3 is 10.2 Å². The second-order valence-electron chi connectivity index (χ2n) is 11.5. The van der Waals surface area contributed by atoms with Crippen molar-refractivity contribution in [1.29, 1.82) is 0 Å². The third-order valence-corrected chi connectivity index (χ3v) is 9.49. The Labute approximate surface area is 194 Å². The summed E-state index contributed by atoms with van der Waals surface area (Å²) in [7, 11) is 0. The van der Waals surface area contributed by atoms with Gasteiger partial charge in [-0.2, -0.15) is 0 Å². The molecule has 0 unspecified atom stereocenters. The van der Waals surface area contributed by atoms with Crippen molar-refractivity contribution in [2.24, 2.45) is 28.6 Å². The lowest BCUT2D eigenvalue weighted by atomic mass is 9.61. The number of aliphatic hydroxyl groups is 2. The van der Waals surface area contributed by atoms with Crippen molar-refractivity contribution in [2.75, 3.05) is 0 Å². The fourth-order valence-electron chi connectivity index (χ4n) is 7.10. The second kappa shape index (κ2) is 9.06. The number of hydrogen-bond acceptors (Lipinski definition) is 3. The lowest BCUT2D eigenvalue weighted by molar-refractivity contribution is -0.121. The van der Waals surface area contributed by atoms with E-state index >= 15 is 0 Å². The topological polar surface area (TPSA) is 57.5 Å². The summed E-state index contributed by atoms with van der Waals surface area (Å²) in [6, 6.07) is 0. The highest BCUT2D eigenvalue weighted by Crippen LogP contribution is 2.59. The number of rotatable bonds is 6. The largest absolute Gasteiger partial charge is 0.393 e. The van der Waals surface area contributed by atoms with Crippen LogP contribution in [0.25, 0.3) is 0 Å². The molecule has 0 saturated heterocycles. The summed E-state index contributed by atoms with van der Waals surface area (Å²) in [5.41, 5.74) is 3.61. The Hall–Kier alpha value is -1.45. The minimum atomic E-state index is -0.624. The number of carbonyl (C=O) groups is 1. The molecule has 32 heavy (non-hydrogen) atoms. The van der Waals surface area contributed by atoms with Gasteiger partial charge in [0.15, 0.2) is 0 Å². The Kier molecular flexibility index (Phi) is 6.71. The zero-order chi connectivity index (χ0) is 23.1. The molecule has 6 atom stereocenters. The summed E-state index contributed by atoms with van der Waals surface area (Å²) in [5, 5.41) is 20.2. The van der Waals surface area contributed by atoms with Crippen molar-refractivity contribution in [1.82, 2.24) is 0 Å². The van der Waals surface area contributed by atoms with E-state index in [1.165, 1.54) is 25.7 Å². The number of carbonyl (C=O) groups excluding carboxylic acids is 1. The molecule has 4 fully saturated rings. The molecule has 3 heteroatoms. The molecule has 0 aromatic heterocycles. The normalized spacial score (nSPS) is 40.1. The van der Waals surface area contributed by atoms with Crippen LogP contribution in [0.4, 0.5) is 0 Å². The van der Waals surface area contributed by atoms with Crippen molar-refractivity contribution in [3.8, 4) is 0 Å². The van der Waals surface area contributed by atoms with E-state index in [1.807, 2.05) is 0 Å². The Balaban J connectivity index is 1.46. The number of hydrogen-bond donors (Lipinski definition) is 2. The third kappa shape index (κ3) is 4.48. The van der Waals surface area contributed by atoms with Crippen LogP contribution in [0.3, 0.4) is 0 Å². The van der Waals surface area contributed by atoms with Gasteiger partial charge >= 0.3 is 0 Å². The lowest BCUT2D eigenvalue weighted by Gasteiger charge is -2.44. The minimum absolute atomic E-state index is 0.0309. The highest BCUT2D eigenvalue weighted by atomic mass is 16.3. The molecule has 0 aliphatic heterocycles. The van der Waals surface area contributed by atoms with Gasteiger partial charge in [0, 0.05) is 11.8 Å². The zero-order valence-corrected chi connectivity index (χ0v) is 20.3. The van der Waals surface area contributed by atoms with Crippen LogP contribution in [0.15, 0.2) is 47.6 Å². The summed E-state index contributed by atoms with van der Waals surface area (Å²) in [6.45, 7) is 10.7. The molecular weight excluding hydrogens is 396 g/mol. The lowest BCUT2D eigenvalue weighted by Crippen LogP contribution is -2.35. The molecule has 0 aromatic rings. The average Bonchev–Trinajstić information content (AvgIpc) is 3.44. The number of allylic oxidation sites excluding steroid dienone is 5. The first-order valence-electron chi connectivity index (χ1n) is 12.8. The molecule has 0 spiro atoms. The predicted octanol–water partition coefficient (Wildman–Crippen LogP) is 6.08. The number of aliphatic hydroxyl groups excluding tert-OH is 2. The van der Waals surface area contributed by atoms with Gasteiger partial charge in [0.05, 0.1) is 12.2 Å². The highest BCUT2D eigenvalue weighted by Gasteiger charge is 2.50. The molecule has 2 N–H and O–H groups in total. The summed E-state index contributed by atoms with van der Waals surface area (Å²) < 4.78 is 0. The highest BCUT2D eigenvalue weighted by molar-refractivity contribution is 5.85. The van der Waals surface area contributed by atoms with Gasteiger partial charge in [-0.1, -0.05) is 50.3 Å². The van der Waals surface area contributed by atoms with Gasteiger partial charge in [-0.15, -0.1) is 0 Å². The molecule has 4 rings (SSSR count). The molecule has 3 nitrogen and oxygen atoms in total. The van der Waals surface area contributed by atoms with Crippen LogP contribution in [0.5, 0.6) is 0 Å². The number of fused-ring (bicyclic) bond motifs is 1. The second-order valence-corrected chi connectivity index (χ2v) is 11.5. The van der Waals surface area contributed by atoms with Crippen LogP contribution in [-0.2, 0) is 4.79 Å². The molecule has 0 heterocycles. The quantitative estimate of drug-likeness (QED) is 0.494. The molecule has 0 radical (unpaired) electrons. The van der Waals surface area contributed by atoms with E-state index in [4.69, 9.17) is 0 Å². The third-order valence-electron chi connectivity index (χ3n) is 9.49. The van der Waals surface area contributed by atoms with Crippen molar-refractivity contribution in [3.63, 3.8) is 0 Å². The standard InChI is InChI=1S/C29H42O3/c1-19(7-5-14-29(15-16-29)21(3)30)25-11-12-26-22(8-6-13-28(25,26)4)9-10-23-17-24(31)18-27(32)20(23)2/h5,7,9-10,19,24-27,31-32H,2,6,8,11-18H2,1,3-4H3/t19-,24-,25-,26+,27+,28-/m1/s1. The van der Waals surface area contributed by atoms with E-state index < -0.39 is 12.2 Å². The van der Waals surface area contributed by atoms with Crippen LogP contribution < -0.4 is 0 Å². The SMILES string of the molecule is C=C1C(=CC=C2CCC[C@]3(C)[C@@H]([C@H](C)C=CCC4(C(C)=O)CC4)CC[C@@H]23)C[C@@H](O)C[C@@H]1O. The Morgan fingerprint density at radius 2 is 1.97 bits per heavy atom. The maximum atomic E-state index is 11.9. The maximum absolute atomic E-state index is 11.9. The van der Waals surface area contributed by atoms with Crippen molar-refractivity contribution in [3.05, 3.63) is 47.6 Å². The van der Waals surface area contributed by atoms with Crippen LogP contribution in [0.1, 0.15) is 85.0 Å². The molecular formula is C29H42O3. The molecule has 4 aliphatic carbocycles. The Morgan fingerprint density at radius 1 is 1.22 bits per heavy atom. The molecule has 4 saturated carbocycles. The summed E-state index contributed by atoms with van der Waals surface area (Å²) in [6.07, 6.45) is 18.2. The minimum Gasteiger partial charge on any atom is -0.393 e. The van der Waals surface area contributed by atoms with E-state index in [-0.39, 0.29) is 5.41 Å². The van der Waals surface area contributed by atoms with Gasteiger partial charge in [0.25, 0.3) is 0 Å².